The van der Waals surface area contributed by atoms with Crippen LogP contribution in [0, 0.1) is 0 Å². The third-order valence-corrected chi connectivity index (χ3v) is 2.43. The Morgan fingerprint density at radius 2 is 1.67 bits per heavy atom. The molecule has 0 amide bonds. The van der Waals surface area contributed by atoms with Gasteiger partial charge in [-0.3, -0.25) is 0 Å². The largest absolute Gasteiger partial charge is 0.352 e. The van der Waals surface area contributed by atoms with E-state index in [1.165, 1.54) is 0 Å². The Labute approximate surface area is 78.4 Å². The molecule has 0 unspecified atom stereocenters. The van der Waals surface area contributed by atoms with Crippen molar-refractivity contribution in [2.45, 2.75) is 32.6 Å². The summed E-state index contributed by atoms with van der Waals surface area (Å²) >= 11 is 0. The lowest BCUT2D eigenvalue weighted by Crippen LogP contribution is -2.34. The van der Waals surface area contributed by atoms with E-state index in [0.29, 0.717) is 13.2 Å². The van der Waals surface area contributed by atoms with Crippen molar-refractivity contribution in [3.05, 3.63) is 12.2 Å². The molecule has 0 radical (unpaired) electrons. The highest BCUT2D eigenvalue weighted by atomic mass is 28.1. The second-order valence-electron chi connectivity index (χ2n) is 2.69. The molecule has 0 N–H and O–H groups in total. The molecule has 72 valence electrons. The molecule has 0 aromatic carbocycles. The summed E-state index contributed by atoms with van der Waals surface area (Å²) in [7, 11) is 0.871. The first-order valence-electron chi connectivity index (χ1n) is 4.64. The Balaban J connectivity index is 4.06. The van der Waals surface area contributed by atoms with Crippen molar-refractivity contribution < 1.29 is 9.47 Å². The van der Waals surface area contributed by atoms with Crippen molar-refractivity contribution in [2.75, 3.05) is 13.2 Å². The van der Waals surface area contributed by atoms with Crippen LogP contribution in [0.15, 0.2) is 12.2 Å². The van der Waals surface area contributed by atoms with Crippen molar-refractivity contribution >= 4 is 10.2 Å². The van der Waals surface area contributed by atoms with Gasteiger partial charge in [-0.1, -0.05) is 13.0 Å². The average Bonchev–Trinajstić information content (AvgIpc) is 2.02. The molecule has 0 bridgehead atoms. The van der Waals surface area contributed by atoms with Crippen molar-refractivity contribution in [3.63, 3.8) is 0 Å². The molecule has 0 aliphatic carbocycles. The van der Waals surface area contributed by atoms with Crippen molar-refractivity contribution in [2.24, 2.45) is 0 Å². The van der Waals surface area contributed by atoms with Gasteiger partial charge < -0.3 is 9.47 Å². The van der Waals surface area contributed by atoms with Gasteiger partial charge in [0.1, 0.15) is 0 Å². The molecule has 0 saturated carbocycles. The maximum atomic E-state index is 5.52. The minimum atomic E-state index is -0.389. The van der Waals surface area contributed by atoms with E-state index in [2.05, 4.69) is 13.0 Å². The van der Waals surface area contributed by atoms with Gasteiger partial charge in [-0.2, -0.15) is 0 Å². The van der Waals surface area contributed by atoms with E-state index < -0.39 is 0 Å². The van der Waals surface area contributed by atoms with Gasteiger partial charge in [0, 0.05) is 13.2 Å². The van der Waals surface area contributed by atoms with E-state index >= 15 is 0 Å². The zero-order valence-corrected chi connectivity index (χ0v) is 10.6. The number of hydrogen-bond acceptors (Lipinski definition) is 2. The summed E-state index contributed by atoms with van der Waals surface area (Å²) in [5, 5.41) is 0. The normalized spacial score (nSPS) is 12.9. The monoisotopic (exact) mass is 188 g/mol. The molecule has 0 aliphatic heterocycles. The zero-order valence-electron chi connectivity index (χ0n) is 8.59. The Kier molecular flexibility index (Phi) is 6.33. The molecule has 0 saturated heterocycles. The third kappa shape index (κ3) is 4.69. The van der Waals surface area contributed by atoms with E-state index in [9.17, 15) is 0 Å². The lowest BCUT2D eigenvalue weighted by molar-refractivity contribution is -0.139. The molecule has 0 aromatic heterocycles. The molecule has 0 fully saturated rings. The molecule has 12 heavy (non-hydrogen) atoms. The summed E-state index contributed by atoms with van der Waals surface area (Å²) in [4.78, 5) is 0. The van der Waals surface area contributed by atoms with Gasteiger partial charge in [-0.25, -0.2) is 0 Å². The summed E-state index contributed by atoms with van der Waals surface area (Å²) < 4.78 is 11.0. The SMILES string of the molecule is CCC=CC([SiH3])(OCC)OCC. The van der Waals surface area contributed by atoms with Crippen LogP contribution in [0.25, 0.3) is 0 Å². The van der Waals surface area contributed by atoms with Gasteiger partial charge >= 0.3 is 0 Å². The predicted octanol–water partition coefficient (Wildman–Crippen LogP) is 1.04. The maximum absolute atomic E-state index is 5.52. The summed E-state index contributed by atoms with van der Waals surface area (Å²) in [6.45, 7) is 7.50. The van der Waals surface area contributed by atoms with Crippen LogP contribution >= 0.6 is 0 Å². The van der Waals surface area contributed by atoms with Gasteiger partial charge in [-0.15, -0.1) is 0 Å². The summed E-state index contributed by atoms with van der Waals surface area (Å²) in [5.41, 5.74) is -0.389. The van der Waals surface area contributed by atoms with Gasteiger partial charge in [-0.05, 0) is 26.3 Å². The first-order chi connectivity index (χ1) is 5.68. The average molecular weight is 188 g/mol. The molecule has 0 spiro atoms. The molecule has 0 atom stereocenters. The van der Waals surface area contributed by atoms with Crippen molar-refractivity contribution in [1.82, 2.24) is 0 Å². The van der Waals surface area contributed by atoms with Gasteiger partial charge in [0.15, 0.2) is 5.41 Å². The number of rotatable bonds is 6. The van der Waals surface area contributed by atoms with Gasteiger partial charge in [0.25, 0.3) is 0 Å². The summed E-state index contributed by atoms with van der Waals surface area (Å²) in [6.07, 6.45) is 5.16. The van der Waals surface area contributed by atoms with Crippen LogP contribution in [-0.4, -0.2) is 28.9 Å². The Morgan fingerprint density at radius 1 is 1.17 bits per heavy atom. The quantitative estimate of drug-likeness (QED) is 0.352. The Bertz CT molecular complexity index is 128. The number of allylic oxidation sites excluding steroid dienone is 1. The van der Waals surface area contributed by atoms with Crippen molar-refractivity contribution in [1.29, 1.82) is 0 Å². The van der Waals surface area contributed by atoms with E-state index in [-0.39, 0.29) is 5.41 Å². The first-order valence-corrected chi connectivity index (χ1v) is 5.64. The van der Waals surface area contributed by atoms with E-state index in [4.69, 9.17) is 9.47 Å². The minimum absolute atomic E-state index is 0.389. The fourth-order valence-corrected chi connectivity index (χ4v) is 1.86. The zero-order chi connectivity index (χ0) is 9.45. The number of hydrogen-bond donors (Lipinski definition) is 0. The Hall–Kier alpha value is -0.123. The molecule has 0 aromatic rings. The highest BCUT2D eigenvalue weighted by Crippen LogP contribution is 2.10. The number of ether oxygens (including phenoxy) is 2. The predicted molar refractivity (Wildman–Crippen MR) is 55.4 cm³/mol. The maximum Gasteiger partial charge on any atom is 0.159 e. The highest BCUT2D eigenvalue weighted by Gasteiger charge is 2.19. The Morgan fingerprint density at radius 3 is 2.00 bits per heavy atom. The molecule has 3 heteroatoms. The highest BCUT2D eigenvalue weighted by molar-refractivity contribution is 6.14. The van der Waals surface area contributed by atoms with Crippen LogP contribution in [0.1, 0.15) is 27.2 Å². The molecule has 0 rings (SSSR count). The molecule has 0 aliphatic rings. The fourth-order valence-electron chi connectivity index (χ4n) is 1.04. The van der Waals surface area contributed by atoms with Crippen LogP contribution in [0.5, 0.6) is 0 Å². The smallest absolute Gasteiger partial charge is 0.159 e. The summed E-state index contributed by atoms with van der Waals surface area (Å²) in [5.74, 6) is 0. The lowest BCUT2D eigenvalue weighted by Gasteiger charge is -2.26. The molecular weight excluding hydrogens is 168 g/mol. The van der Waals surface area contributed by atoms with Gasteiger partial charge in [0.2, 0.25) is 0 Å². The third-order valence-electron chi connectivity index (χ3n) is 1.52. The second-order valence-corrected chi connectivity index (χ2v) is 4.09. The standard InChI is InChI=1S/C9H20O2Si/c1-4-7-8-9(12,10-5-2)11-6-3/h7-8H,4-6H2,1-3,12H3. The van der Waals surface area contributed by atoms with Crippen LogP contribution in [0.3, 0.4) is 0 Å². The molecule has 0 heterocycles. The first kappa shape index (κ1) is 11.9. The van der Waals surface area contributed by atoms with Crippen molar-refractivity contribution in [3.8, 4) is 0 Å². The topological polar surface area (TPSA) is 18.5 Å². The van der Waals surface area contributed by atoms with E-state index in [1.807, 2.05) is 19.9 Å². The van der Waals surface area contributed by atoms with E-state index in [0.717, 1.165) is 16.7 Å². The van der Waals surface area contributed by atoms with Crippen LogP contribution in [0.4, 0.5) is 0 Å². The van der Waals surface area contributed by atoms with E-state index in [1.54, 1.807) is 0 Å². The molecular formula is C9H20O2Si. The lowest BCUT2D eigenvalue weighted by atomic mass is 10.4. The van der Waals surface area contributed by atoms with Crippen LogP contribution in [0.2, 0.25) is 0 Å². The van der Waals surface area contributed by atoms with Crippen LogP contribution in [-0.2, 0) is 9.47 Å². The second kappa shape index (κ2) is 6.40. The fraction of sp³-hybridized carbons (Fsp3) is 0.778. The van der Waals surface area contributed by atoms with Gasteiger partial charge in [0.05, 0.1) is 10.2 Å². The minimum Gasteiger partial charge on any atom is -0.352 e. The van der Waals surface area contributed by atoms with Crippen LogP contribution < -0.4 is 0 Å². The molecule has 2 nitrogen and oxygen atoms in total. The summed E-state index contributed by atoms with van der Waals surface area (Å²) in [6, 6.07) is 0.